The Kier molecular flexibility index (Phi) is 3.38. The lowest BCUT2D eigenvalue weighted by atomic mass is 9.96. The summed E-state index contributed by atoms with van der Waals surface area (Å²) in [5.74, 6) is -1.72. The van der Waals surface area contributed by atoms with Crippen LogP contribution >= 0.6 is 11.8 Å². The molecule has 7 heteroatoms. The predicted octanol–water partition coefficient (Wildman–Crippen LogP) is 2.07. The molecule has 1 fully saturated rings. The molecule has 1 saturated carbocycles. The van der Waals surface area contributed by atoms with Crippen LogP contribution in [0.25, 0.3) is 0 Å². The van der Waals surface area contributed by atoms with Gasteiger partial charge >= 0.3 is 5.97 Å². The minimum absolute atomic E-state index is 0.0347. The first-order valence-electron chi connectivity index (χ1n) is 5.54. The standard InChI is InChI=1S/C12H13FO4S2/c1-18-10-8(13)5-7(6-9(10)19(2,16)17)12(3-4-12)11(14)15/h5-6H,3-4H2,1-2H3,(H,14,15). The Morgan fingerprint density at radius 2 is 2.00 bits per heavy atom. The van der Waals surface area contributed by atoms with E-state index < -0.39 is 27.0 Å². The van der Waals surface area contributed by atoms with Gasteiger partial charge in [0.15, 0.2) is 9.84 Å². The number of carbonyl (C=O) groups is 1. The van der Waals surface area contributed by atoms with E-state index in [9.17, 15) is 22.7 Å². The first kappa shape index (κ1) is 14.3. The molecule has 0 aromatic heterocycles. The van der Waals surface area contributed by atoms with Gasteiger partial charge in [-0.1, -0.05) is 0 Å². The molecule has 0 amide bonds. The molecule has 19 heavy (non-hydrogen) atoms. The first-order chi connectivity index (χ1) is 8.72. The van der Waals surface area contributed by atoms with Gasteiger partial charge in [-0.05, 0) is 36.8 Å². The Bertz CT molecular complexity index is 648. The summed E-state index contributed by atoms with van der Waals surface area (Å²) in [5, 5.41) is 9.19. The van der Waals surface area contributed by atoms with Crippen LogP contribution in [0.1, 0.15) is 18.4 Å². The third-order valence-electron chi connectivity index (χ3n) is 3.33. The van der Waals surface area contributed by atoms with Crippen LogP contribution in [0.5, 0.6) is 0 Å². The molecule has 1 aromatic rings. The second-order valence-corrected chi connectivity index (χ2v) is 7.45. The number of aliphatic carboxylic acids is 1. The van der Waals surface area contributed by atoms with Gasteiger partial charge in [0, 0.05) is 6.26 Å². The Hall–Kier alpha value is -1.08. The molecule has 4 nitrogen and oxygen atoms in total. The van der Waals surface area contributed by atoms with Crippen molar-refractivity contribution in [2.45, 2.75) is 28.0 Å². The predicted molar refractivity (Wildman–Crippen MR) is 69.8 cm³/mol. The van der Waals surface area contributed by atoms with Gasteiger partial charge in [-0.15, -0.1) is 11.8 Å². The van der Waals surface area contributed by atoms with E-state index >= 15 is 0 Å². The van der Waals surface area contributed by atoms with Crippen LogP contribution in [0.2, 0.25) is 0 Å². The van der Waals surface area contributed by atoms with Crippen molar-refractivity contribution in [1.29, 1.82) is 0 Å². The largest absolute Gasteiger partial charge is 0.481 e. The molecular formula is C12H13FO4S2. The summed E-state index contributed by atoms with van der Waals surface area (Å²) in [6.45, 7) is 0. The second kappa shape index (κ2) is 4.49. The second-order valence-electron chi connectivity index (χ2n) is 4.65. The fourth-order valence-corrected chi connectivity index (χ4v) is 4.06. The van der Waals surface area contributed by atoms with Crippen LogP contribution in [0.3, 0.4) is 0 Å². The van der Waals surface area contributed by atoms with Crippen molar-refractivity contribution < 1.29 is 22.7 Å². The van der Waals surface area contributed by atoms with Crippen molar-refractivity contribution in [3.05, 3.63) is 23.5 Å². The number of benzene rings is 1. The van der Waals surface area contributed by atoms with Crippen LogP contribution in [0.4, 0.5) is 4.39 Å². The Morgan fingerprint density at radius 1 is 1.42 bits per heavy atom. The van der Waals surface area contributed by atoms with Crippen LogP contribution in [-0.4, -0.2) is 32.0 Å². The van der Waals surface area contributed by atoms with Crippen LogP contribution in [0.15, 0.2) is 21.9 Å². The molecule has 104 valence electrons. The smallest absolute Gasteiger partial charge is 0.314 e. The summed E-state index contributed by atoms with van der Waals surface area (Å²) in [7, 11) is -3.60. The first-order valence-corrected chi connectivity index (χ1v) is 8.65. The molecule has 0 aliphatic heterocycles. The molecule has 0 heterocycles. The van der Waals surface area contributed by atoms with Gasteiger partial charge < -0.3 is 5.11 Å². The van der Waals surface area contributed by atoms with E-state index in [2.05, 4.69) is 0 Å². The van der Waals surface area contributed by atoms with Gasteiger partial charge in [0.25, 0.3) is 0 Å². The molecular weight excluding hydrogens is 291 g/mol. The van der Waals surface area contributed by atoms with Crippen molar-refractivity contribution in [1.82, 2.24) is 0 Å². The van der Waals surface area contributed by atoms with Crippen molar-refractivity contribution in [2.24, 2.45) is 0 Å². The molecule has 0 spiro atoms. The van der Waals surface area contributed by atoms with E-state index in [-0.39, 0.29) is 15.4 Å². The maximum atomic E-state index is 14.0. The highest BCUT2D eigenvalue weighted by Gasteiger charge is 2.52. The summed E-state index contributed by atoms with van der Waals surface area (Å²) in [4.78, 5) is 11.1. The van der Waals surface area contributed by atoms with E-state index in [1.165, 1.54) is 6.07 Å². The number of hydrogen-bond donors (Lipinski definition) is 1. The molecule has 1 aliphatic carbocycles. The Balaban J connectivity index is 2.68. The fourth-order valence-electron chi connectivity index (χ4n) is 2.07. The molecule has 0 radical (unpaired) electrons. The lowest BCUT2D eigenvalue weighted by molar-refractivity contribution is -0.140. The number of carboxylic acids is 1. The minimum Gasteiger partial charge on any atom is -0.481 e. The zero-order chi connectivity index (χ0) is 14.4. The zero-order valence-corrected chi connectivity index (χ0v) is 12.1. The number of sulfone groups is 1. The quantitative estimate of drug-likeness (QED) is 0.862. The zero-order valence-electron chi connectivity index (χ0n) is 10.4. The number of rotatable bonds is 4. The average Bonchev–Trinajstić information content (AvgIpc) is 3.07. The number of thioether (sulfide) groups is 1. The summed E-state index contributed by atoms with van der Waals surface area (Å²) >= 11 is 0.995. The normalized spacial score (nSPS) is 17.2. The van der Waals surface area contributed by atoms with Crippen LogP contribution in [0, 0.1) is 5.82 Å². The molecule has 0 saturated heterocycles. The van der Waals surface area contributed by atoms with Gasteiger partial charge in [0.1, 0.15) is 5.82 Å². The van der Waals surface area contributed by atoms with Crippen LogP contribution in [-0.2, 0) is 20.0 Å². The lowest BCUT2D eigenvalue weighted by Gasteiger charge is -2.14. The molecule has 1 aromatic carbocycles. The highest BCUT2D eigenvalue weighted by molar-refractivity contribution is 7.99. The molecule has 0 unspecified atom stereocenters. The minimum atomic E-state index is -3.60. The van der Waals surface area contributed by atoms with Gasteiger partial charge in [-0.2, -0.15) is 0 Å². The van der Waals surface area contributed by atoms with Crippen molar-refractivity contribution in [3.8, 4) is 0 Å². The maximum Gasteiger partial charge on any atom is 0.314 e. The van der Waals surface area contributed by atoms with Crippen molar-refractivity contribution >= 4 is 27.6 Å². The number of carboxylic acid groups (broad SMARTS) is 1. The van der Waals surface area contributed by atoms with E-state index in [1.54, 1.807) is 6.26 Å². The summed E-state index contributed by atoms with van der Waals surface area (Å²) in [6.07, 6.45) is 3.38. The monoisotopic (exact) mass is 304 g/mol. The third-order valence-corrected chi connectivity index (χ3v) is 5.40. The number of hydrogen-bond acceptors (Lipinski definition) is 4. The third kappa shape index (κ3) is 2.36. The average molecular weight is 304 g/mol. The summed E-state index contributed by atoms with van der Waals surface area (Å²) in [6, 6.07) is 2.44. The maximum absolute atomic E-state index is 14.0. The van der Waals surface area contributed by atoms with Crippen molar-refractivity contribution in [2.75, 3.05) is 12.5 Å². The molecule has 0 bridgehead atoms. The van der Waals surface area contributed by atoms with Gasteiger partial charge in [0.2, 0.25) is 0 Å². The van der Waals surface area contributed by atoms with E-state index in [4.69, 9.17) is 0 Å². The summed E-state index contributed by atoms with van der Waals surface area (Å²) in [5.41, 5.74) is -0.882. The lowest BCUT2D eigenvalue weighted by Crippen LogP contribution is -2.20. The molecule has 1 aliphatic rings. The fraction of sp³-hybridized carbons (Fsp3) is 0.417. The SMILES string of the molecule is CSc1c(F)cc(C2(C(=O)O)CC2)cc1S(C)(=O)=O. The van der Waals surface area contributed by atoms with Gasteiger partial charge in [-0.25, -0.2) is 12.8 Å². The van der Waals surface area contributed by atoms with Crippen LogP contribution < -0.4 is 0 Å². The van der Waals surface area contributed by atoms with E-state index in [0.29, 0.717) is 12.8 Å². The van der Waals surface area contributed by atoms with Gasteiger partial charge in [-0.3, -0.25) is 4.79 Å². The van der Waals surface area contributed by atoms with E-state index in [0.717, 1.165) is 24.1 Å². The van der Waals surface area contributed by atoms with Crippen molar-refractivity contribution in [3.63, 3.8) is 0 Å². The van der Waals surface area contributed by atoms with Gasteiger partial charge in [0.05, 0.1) is 15.2 Å². The number of halogens is 1. The molecule has 0 atom stereocenters. The Morgan fingerprint density at radius 3 is 2.37 bits per heavy atom. The highest BCUT2D eigenvalue weighted by atomic mass is 32.2. The molecule has 1 N–H and O–H groups in total. The highest BCUT2D eigenvalue weighted by Crippen LogP contribution is 2.49. The molecule has 2 rings (SSSR count). The summed E-state index contributed by atoms with van der Waals surface area (Å²) < 4.78 is 37.4. The van der Waals surface area contributed by atoms with E-state index in [1.807, 2.05) is 0 Å². The topological polar surface area (TPSA) is 71.4 Å². The Labute approximate surface area is 114 Å².